The van der Waals surface area contributed by atoms with Gasteiger partial charge in [0.25, 0.3) is 0 Å². The van der Waals surface area contributed by atoms with Crippen molar-refractivity contribution >= 4 is 0 Å². The Morgan fingerprint density at radius 2 is 1.78 bits per heavy atom. The van der Waals surface area contributed by atoms with Gasteiger partial charge in [0.15, 0.2) is 0 Å². The molecule has 1 nitrogen and oxygen atoms in total. The maximum absolute atomic E-state index is 2.66. The lowest BCUT2D eigenvalue weighted by Gasteiger charge is -2.38. The van der Waals surface area contributed by atoms with Gasteiger partial charge >= 0.3 is 0 Å². The fourth-order valence-electron chi connectivity index (χ4n) is 3.82. The van der Waals surface area contributed by atoms with Crippen LogP contribution in [0.25, 0.3) is 0 Å². The molecule has 0 N–H and O–H groups in total. The number of hydrogen-bond acceptors (Lipinski definition) is 1. The molecule has 1 heterocycles. The maximum Gasteiger partial charge on any atom is 0.00385 e. The molecule has 1 aliphatic carbocycles. The molecular formula is C17H31N. The van der Waals surface area contributed by atoms with Crippen molar-refractivity contribution in [1.82, 2.24) is 4.90 Å². The van der Waals surface area contributed by atoms with Gasteiger partial charge in [-0.1, -0.05) is 18.6 Å². The van der Waals surface area contributed by atoms with Crippen molar-refractivity contribution in [3.05, 3.63) is 11.6 Å². The smallest absolute Gasteiger partial charge is 0.00385 e. The van der Waals surface area contributed by atoms with E-state index < -0.39 is 0 Å². The van der Waals surface area contributed by atoms with E-state index in [1.165, 1.54) is 58.0 Å². The van der Waals surface area contributed by atoms with E-state index in [2.05, 4.69) is 31.7 Å². The quantitative estimate of drug-likeness (QED) is 0.659. The van der Waals surface area contributed by atoms with E-state index in [9.17, 15) is 0 Å². The van der Waals surface area contributed by atoms with Gasteiger partial charge in [-0.05, 0) is 83.7 Å². The minimum atomic E-state index is 0.744. The fourth-order valence-corrected chi connectivity index (χ4v) is 3.82. The second kappa shape index (κ2) is 6.75. The summed E-state index contributed by atoms with van der Waals surface area (Å²) in [4.78, 5) is 2.66. The van der Waals surface area contributed by atoms with E-state index in [0.717, 1.165) is 17.9 Å². The molecule has 2 rings (SSSR count). The molecule has 0 spiro atoms. The summed E-state index contributed by atoms with van der Waals surface area (Å²) in [6.45, 7) is 9.67. The molecule has 1 heteroatoms. The number of rotatable bonds is 3. The predicted molar refractivity (Wildman–Crippen MR) is 79.8 cm³/mol. The average molecular weight is 249 g/mol. The second-order valence-electron chi connectivity index (χ2n) is 6.56. The molecule has 1 atom stereocenters. The first-order chi connectivity index (χ1) is 8.70. The van der Waals surface area contributed by atoms with E-state index >= 15 is 0 Å². The highest BCUT2D eigenvalue weighted by Crippen LogP contribution is 2.35. The molecule has 0 aromatic heterocycles. The zero-order chi connectivity index (χ0) is 13.0. The monoisotopic (exact) mass is 249 g/mol. The zero-order valence-electron chi connectivity index (χ0n) is 12.6. The van der Waals surface area contributed by atoms with Crippen LogP contribution in [0.3, 0.4) is 0 Å². The van der Waals surface area contributed by atoms with Gasteiger partial charge in [-0.3, -0.25) is 0 Å². The van der Waals surface area contributed by atoms with Crippen LogP contribution < -0.4 is 0 Å². The summed E-state index contributed by atoms with van der Waals surface area (Å²) in [5.74, 6) is 2.03. The lowest BCUT2D eigenvalue weighted by molar-refractivity contribution is 0.115. The predicted octanol–water partition coefficient (Wildman–Crippen LogP) is 4.63. The second-order valence-corrected chi connectivity index (χ2v) is 6.56. The highest BCUT2D eigenvalue weighted by molar-refractivity contribution is 5.04. The first kappa shape index (κ1) is 14.1. The van der Waals surface area contributed by atoms with E-state index in [0.29, 0.717) is 0 Å². The van der Waals surface area contributed by atoms with Crippen LogP contribution in [0.4, 0.5) is 0 Å². The van der Waals surface area contributed by atoms with E-state index in [-0.39, 0.29) is 0 Å². The standard InChI is InChI=1S/C17H31N/c1-4-15-6-5-7-16(9-8-15)17-10-12-18(13-11-17)14(2)3/h6,14,16-17H,4-5,7-13H2,1-3H3. The van der Waals surface area contributed by atoms with Crippen molar-refractivity contribution in [2.45, 2.75) is 71.8 Å². The highest BCUT2D eigenvalue weighted by atomic mass is 15.1. The molecule has 104 valence electrons. The molecular weight excluding hydrogens is 218 g/mol. The van der Waals surface area contributed by atoms with E-state index in [4.69, 9.17) is 0 Å². The maximum atomic E-state index is 2.66. The van der Waals surface area contributed by atoms with Crippen molar-refractivity contribution in [2.24, 2.45) is 11.8 Å². The van der Waals surface area contributed by atoms with Crippen molar-refractivity contribution < 1.29 is 0 Å². The van der Waals surface area contributed by atoms with Crippen molar-refractivity contribution in [3.8, 4) is 0 Å². The van der Waals surface area contributed by atoms with Crippen LogP contribution in [0.1, 0.15) is 65.7 Å². The molecule has 0 amide bonds. The molecule has 0 aromatic rings. The van der Waals surface area contributed by atoms with Crippen LogP contribution in [0.15, 0.2) is 11.6 Å². The third kappa shape index (κ3) is 3.60. The van der Waals surface area contributed by atoms with Gasteiger partial charge < -0.3 is 4.90 Å². The molecule has 0 radical (unpaired) electrons. The zero-order valence-corrected chi connectivity index (χ0v) is 12.6. The Labute approximate surface area is 114 Å². The Balaban J connectivity index is 1.80. The van der Waals surface area contributed by atoms with Crippen LogP contribution in [0.5, 0.6) is 0 Å². The summed E-state index contributed by atoms with van der Waals surface area (Å²) in [7, 11) is 0. The molecule has 2 aliphatic rings. The third-order valence-corrected chi connectivity index (χ3v) is 5.23. The number of nitrogens with zero attached hydrogens (tertiary/aromatic N) is 1. The summed E-state index contributed by atoms with van der Waals surface area (Å²) in [5, 5.41) is 0. The van der Waals surface area contributed by atoms with Crippen molar-refractivity contribution in [1.29, 1.82) is 0 Å². The SMILES string of the molecule is CCC1=CCCC(C2CCN(C(C)C)CC2)CC1. The van der Waals surface area contributed by atoms with Gasteiger partial charge in [0.2, 0.25) is 0 Å². The molecule has 18 heavy (non-hydrogen) atoms. The van der Waals surface area contributed by atoms with Crippen LogP contribution in [-0.2, 0) is 0 Å². The summed E-state index contributed by atoms with van der Waals surface area (Å²) in [6.07, 6.45) is 12.3. The van der Waals surface area contributed by atoms with Gasteiger partial charge in [-0.2, -0.15) is 0 Å². The first-order valence-corrected chi connectivity index (χ1v) is 8.12. The van der Waals surface area contributed by atoms with Crippen LogP contribution in [0, 0.1) is 11.8 Å². The molecule has 1 saturated heterocycles. The number of likely N-dealkylation sites (tertiary alicyclic amines) is 1. The van der Waals surface area contributed by atoms with E-state index in [1.54, 1.807) is 5.57 Å². The Kier molecular flexibility index (Phi) is 5.29. The Morgan fingerprint density at radius 1 is 1.11 bits per heavy atom. The van der Waals surface area contributed by atoms with Gasteiger partial charge in [-0.25, -0.2) is 0 Å². The van der Waals surface area contributed by atoms with Gasteiger partial charge in [0.05, 0.1) is 0 Å². The Bertz CT molecular complexity index is 271. The molecule has 1 unspecified atom stereocenters. The Morgan fingerprint density at radius 3 is 2.39 bits per heavy atom. The topological polar surface area (TPSA) is 3.24 Å². The van der Waals surface area contributed by atoms with Gasteiger partial charge in [0.1, 0.15) is 0 Å². The summed E-state index contributed by atoms with van der Waals surface area (Å²) in [6, 6.07) is 0.744. The van der Waals surface area contributed by atoms with Gasteiger partial charge in [0, 0.05) is 6.04 Å². The van der Waals surface area contributed by atoms with Crippen molar-refractivity contribution in [3.63, 3.8) is 0 Å². The van der Waals surface area contributed by atoms with Crippen LogP contribution in [0.2, 0.25) is 0 Å². The molecule has 1 fully saturated rings. The number of allylic oxidation sites excluding steroid dienone is 2. The minimum Gasteiger partial charge on any atom is -0.301 e. The third-order valence-electron chi connectivity index (χ3n) is 5.23. The first-order valence-electron chi connectivity index (χ1n) is 8.12. The minimum absolute atomic E-state index is 0.744. The van der Waals surface area contributed by atoms with Crippen LogP contribution >= 0.6 is 0 Å². The highest BCUT2D eigenvalue weighted by Gasteiger charge is 2.27. The molecule has 1 aliphatic heterocycles. The lowest BCUT2D eigenvalue weighted by atomic mass is 9.79. The average Bonchev–Trinajstić information content (AvgIpc) is 2.64. The normalized spacial score (nSPS) is 28.2. The van der Waals surface area contributed by atoms with Gasteiger partial charge in [-0.15, -0.1) is 0 Å². The lowest BCUT2D eigenvalue weighted by Crippen LogP contribution is -2.40. The molecule has 0 aromatic carbocycles. The summed E-state index contributed by atoms with van der Waals surface area (Å²) < 4.78 is 0. The summed E-state index contributed by atoms with van der Waals surface area (Å²) in [5.41, 5.74) is 1.72. The van der Waals surface area contributed by atoms with Crippen molar-refractivity contribution in [2.75, 3.05) is 13.1 Å². The fraction of sp³-hybridized carbons (Fsp3) is 0.882. The molecule has 0 bridgehead atoms. The Hall–Kier alpha value is -0.300. The number of hydrogen-bond donors (Lipinski definition) is 0. The largest absolute Gasteiger partial charge is 0.301 e. The molecule has 0 saturated carbocycles. The number of piperidine rings is 1. The summed E-state index contributed by atoms with van der Waals surface area (Å²) >= 11 is 0. The van der Waals surface area contributed by atoms with E-state index in [1.807, 2.05) is 0 Å². The van der Waals surface area contributed by atoms with Crippen LogP contribution in [-0.4, -0.2) is 24.0 Å².